The van der Waals surface area contributed by atoms with Gasteiger partial charge >= 0.3 is 0 Å². The highest BCUT2D eigenvalue weighted by Crippen LogP contribution is 2.26. The lowest BCUT2D eigenvalue weighted by molar-refractivity contribution is -0.154. The SMILES string of the molecule is CCC1(C)NC(=O)C(C)N(Cc2cc(Br)cs2)C1=O. The Morgan fingerprint density at radius 3 is 2.74 bits per heavy atom. The van der Waals surface area contributed by atoms with Crippen molar-refractivity contribution in [3.63, 3.8) is 0 Å². The molecule has 104 valence electrons. The number of thiophene rings is 1. The Balaban J connectivity index is 2.25. The van der Waals surface area contributed by atoms with Crippen molar-refractivity contribution in [2.24, 2.45) is 0 Å². The van der Waals surface area contributed by atoms with Gasteiger partial charge in [0.2, 0.25) is 11.8 Å². The molecule has 2 heterocycles. The topological polar surface area (TPSA) is 49.4 Å². The zero-order valence-corrected chi connectivity index (χ0v) is 13.6. The Morgan fingerprint density at radius 1 is 1.53 bits per heavy atom. The van der Waals surface area contributed by atoms with Gasteiger partial charge < -0.3 is 10.2 Å². The van der Waals surface area contributed by atoms with Crippen molar-refractivity contribution in [1.29, 1.82) is 0 Å². The zero-order chi connectivity index (χ0) is 14.2. The van der Waals surface area contributed by atoms with Gasteiger partial charge in [0.15, 0.2) is 0 Å². The molecule has 0 bridgehead atoms. The predicted molar refractivity (Wildman–Crippen MR) is 78.9 cm³/mol. The first-order valence-corrected chi connectivity index (χ1v) is 7.90. The van der Waals surface area contributed by atoms with E-state index < -0.39 is 11.6 Å². The van der Waals surface area contributed by atoms with Crippen molar-refractivity contribution in [1.82, 2.24) is 10.2 Å². The zero-order valence-electron chi connectivity index (χ0n) is 11.2. The summed E-state index contributed by atoms with van der Waals surface area (Å²) in [7, 11) is 0. The van der Waals surface area contributed by atoms with E-state index in [9.17, 15) is 9.59 Å². The normalized spacial score (nSPS) is 27.6. The summed E-state index contributed by atoms with van der Waals surface area (Å²) in [6.45, 7) is 5.95. The maximum absolute atomic E-state index is 12.5. The molecule has 1 aromatic rings. The highest BCUT2D eigenvalue weighted by atomic mass is 79.9. The smallest absolute Gasteiger partial charge is 0.249 e. The number of carbonyl (C=O) groups is 2. The second-order valence-corrected chi connectivity index (χ2v) is 6.93. The minimum Gasteiger partial charge on any atom is -0.340 e. The van der Waals surface area contributed by atoms with Crippen LogP contribution in [0.1, 0.15) is 32.1 Å². The van der Waals surface area contributed by atoms with Gasteiger partial charge in [-0.3, -0.25) is 9.59 Å². The third-order valence-electron chi connectivity index (χ3n) is 3.63. The molecule has 1 aliphatic rings. The van der Waals surface area contributed by atoms with Crippen molar-refractivity contribution in [2.75, 3.05) is 0 Å². The van der Waals surface area contributed by atoms with Gasteiger partial charge in [0.1, 0.15) is 11.6 Å². The summed E-state index contributed by atoms with van der Waals surface area (Å²) < 4.78 is 1.01. The highest BCUT2D eigenvalue weighted by Gasteiger charge is 2.45. The van der Waals surface area contributed by atoms with Gasteiger partial charge in [-0.15, -0.1) is 11.3 Å². The first-order valence-electron chi connectivity index (χ1n) is 6.23. The molecule has 0 radical (unpaired) electrons. The summed E-state index contributed by atoms with van der Waals surface area (Å²) in [4.78, 5) is 27.3. The summed E-state index contributed by atoms with van der Waals surface area (Å²) in [6.07, 6.45) is 0.592. The fourth-order valence-corrected chi connectivity index (χ4v) is 3.57. The van der Waals surface area contributed by atoms with Gasteiger partial charge in [-0.1, -0.05) is 6.92 Å². The van der Waals surface area contributed by atoms with Crippen molar-refractivity contribution >= 4 is 39.1 Å². The van der Waals surface area contributed by atoms with Crippen LogP contribution in [0.5, 0.6) is 0 Å². The lowest BCUT2D eigenvalue weighted by Crippen LogP contribution is -2.67. The van der Waals surface area contributed by atoms with Crippen LogP contribution in [0.4, 0.5) is 0 Å². The fraction of sp³-hybridized carbons (Fsp3) is 0.538. The highest BCUT2D eigenvalue weighted by molar-refractivity contribution is 9.10. The lowest BCUT2D eigenvalue weighted by Gasteiger charge is -2.42. The molecule has 2 amide bonds. The summed E-state index contributed by atoms with van der Waals surface area (Å²) in [5, 5.41) is 4.81. The molecule has 0 aliphatic carbocycles. The summed E-state index contributed by atoms with van der Waals surface area (Å²) >= 11 is 4.99. The molecule has 0 saturated carbocycles. The van der Waals surface area contributed by atoms with Crippen molar-refractivity contribution < 1.29 is 9.59 Å². The lowest BCUT2D eigenvalue weighted by atomic mass is 9.92. The van der Waals surface area contributed by atoms with E-state index in [4.69, 9.17) is 0 Å². The minimum absolute atomic E-state index is 0.00776. The van der Waals surface area contributed by atoms with Crippen LogP contribution < -0.4 is 5.32 Å². The maximum atomic E-state index is 12.5. The number of piperazine rings is 1. The standard InChI is InChI=1S/C13H17BrN2O2S/c1-4-13(3)12(18)16(8(2)11(17)15-13)6-10-5-9(14)7-19-10/h5,7-8H,4,6H2,1-3H3,(H,15,17). The summed E-state index contributed by atoms with van der Waals surface area (Å²) in [6, 6.07) is 1.56. The molecule has 2 atom stereocenters. The monoisotopic (exact) mass is 344 g/mol. The van der Waals surface area contributed by atoms with Crippen molar-refractivity contribution in [2.45, 2.75) is 45.3 Å². The quantitative estimate of drug-likeness (QED) is 0.915. The van der Waals surface area contributed by atoms with Crippen LogP contribution in [0.3, 0.4) is 0 Å². The Bertz CT molecular complexity index is 516. The van der Waals surface area contributed by atoms with E-state index in [1.807, 2.05) is 18.4 Å². The molecule has 1 aliphatic heterocycles. The van der Waals surface area contributed by atoms with E-state index in [0.29, 0.717) is 13.0 Å². The summed E-state index contributed by atoms with van der Waals surface area (Å²) in [5.41, 5.74) is -0.780. The number of hydrogen-bond acceptors (Lipinski definition) is 3. The Morgan fingerprint density at radius 2 is 2.21 bits per heavy atom. The third-order valence-corrected chi connectivity index (χ3v) is 5.32. The van der Waals surface area contributed by atoms with E-state index in [1.54, 1.807) is 30.1 Å². The Labute approximate surface area is 125 Å². The van der Waals surface area contributed by atoms with Crippen LogP contribution in [0, 0.1) is 0 Å². The number of nitrogens with zero attached hydrogens (tertiary/aromatic N) is 1. The molecular weight excluding hydrogens is 328 g/mol. The number of rotatable bonds is 3. The first-order chi connectivity index (χ1) is 8.87. The molecule has 4 nitrogen and oxygen atoms in total. The van der Waals surface area contributed by atoms with Gasteiger partial charge in [0, 0.05) is 14.7 Å². The molecule has 1 saturated heterocycles. The number of halogens is 1. The largest absolute Gasteiger partial charge is 0.340 e. The van der Waals surface area contributed by atoms with Crippen LogP contribution in [0.15, 0.2) is 15.9 Å². The van der Waals surface area contributed by atoms with E-state index in [-0.39, 0.29) is 11.8 Å². The molecule has 1 fully saturated rings. The molecule has 2 unspecified atom stereocenters. The van der Waals surface area contributed by atoms with Crippen molar-refractivity contribution in [3.8, 4) is 0 Å². The number of nitrogens with one attached hydrogen (secondary N) is 1. The molecule has 0 aromatic carbocycles. The van der Waals surface area contributed by atoms with Crippen LogP contribution in [-0.4, -0.2) is 28.3 Å². The number of amides is 2. The Hall–Kier alpha value is -0.880. The van der Waals surface area contributed by atoms with E-state index >= 15 is 0 Å². The van der Waals surface area contributed by atoms with E-state index in [2.05, 4.69) is 21.2 Å². The Kier molecular flexibility index (Phi) is 4.01. The van der Waals surface area contributed by atoms with Crippen molar-refractivity contribution in [3.05, 3.63) is 20.8 Å². The van der Waals surface area contributed by atoms with Gasteiger partial charge in [-0.25, -0.2) is 0 Å². The van der Waals surface area contributed by atoms with Gasteiger partial charge in [0.05, 0.1) is 6.54 Å². The molecule has 2 rings (SSSR count). The molecule has 0 spiro atoms. The number of hydrogen-bond donors (Lipinski definition) is 1. The van der Waals surface area contributed by atoms with E-state index in [1.165, 1.54) is 0 Å². The minimum atomic E-state index is -0.780. The van der Waals surface area contributed by atoms with Crippen LogP contribution >= 0.6 is 27.3 Å². The average Bonchev–Trinajstić information content (AvgIpc) is 2.78. The molecule has 19 heavy (non-hydrogen) atoms. The predicted octanol–water partition coefficient (Wildman–Crippen LogP) is 2.53. The maximum Gasteiger partial charge on any atom is 0.249 e. The van der Waals surface area contributed by atoms with E-state index in [0.717, 1.165) is 9.35 Å². The number of carbonyl (C=O) groups excluding carboxylic acids is 2. The van der Waals surface area contributed by atoms with Gasteiger partial charge in [-0.05, 0) is 42.3 Å². The van der Waals surface area contributed by atoms with Gasteiger partial charge in [-0.2, -0.15) is 0 Å². The second kappa shape index (κ2) is 5.25. The molecular formula is C13H17BrN2O2S. The van der Waals surface area contributed by atoms with Crippen LogP contribution in [0.25, 0.3) is 0 Å². The summed E-state index contributed by atoms with van der Waals surface area (Å²) in [5.74, 6) is -0.0915. The third kappa shape index (κ3) is 2.69. The van der Waals surface area contributed by atoms with Crippen LogP contribution in [0.2, 0.25) is 0 Å². The molecule has 6 heteroatoms. The second-order valence-electron chi connectivity index (χ2n) is 5.02. The average molecular weight is 345 g/mol. The van der Waals surface area contributed by atoms with Gasteiger partial charge in [0.25, 0.3) is 0 Å². The first kappa shape index (κ1) is 14.5. The molecule has 1 aromatic heterocycles. The molecule has 1 N–H and O–H groups in total. The van der Waals surface area contributed by atoms with Crippen LogP contribution in [-0.2, 0) is 16.1 Å². The fourth-order valence-electron chi connectivity index (χ4n) is 2.12.